The molecule has 0 radical (unpaired) electrons. The fourth-order valence-electron chi connectivity index (χ4n) is 2.03. The van der Waals surface area contributed by atoms with E-state index in [-0.39, 0.29) is 0 Å². The molecule has 0 unspecified atom stereocenters. The molecule has 0 atom stereocenters. The second-order valence-corrected chi connectivity index (χ2v) is 3.68. The highest BCUT2D eigenvalue weighted by atomic mass is 16.5. The van der Waals surface area contributed by atoms with Crippen LogP contribution in [0, 0.1) is 11.3 Å². The van der Waals surface area contributed by atoms with Crippen LogP contribution >= 0.6 is 0 Å². The zero-order chi connectivity index (χ0) is 10.7. The predicted octanol–water partition coefficient (Wildman–Crippen LogP) is 1.97. The van der Waals surface area contributed by atoms with E-state index in [1.54, 1.807) is 7.11 Å². The maximum atomic E-state index is 8.73. The highest BCUT2D eigenvalue weighted by molar-refractivity contribution is 5.58. The number of hydrogen-bond acceptors (Lipinski definition) is 3. The number of ether oxygens (including phenoxy) is 1. The van der Waals surface area contributed by atoms with Crippen molar-refractivity contribution < 1.29 is 4.74 Å². The summed E-state index contributed by atoms with van der Waals surface area (Å²) in [4.78, 5) is 2.12. The molecule has 0 saturated carbocycles. The van der Waals surface area contributed by atoms with E-state index < -0.39 is 0 Å². The first-order chi connectivity index (χ1) is 7.35. The van der Waals surface area contributed by atoms with Gasteiger partial charge in [0.2, 0.25) is 0 Å². The fraction of sp³-hybridized carbons (Fsp3) is 0.417. The third kappa shape index (κ3) is 1.89. The SMILES string of the molecule is COc1ccc2c(c1)CCCN2CC#N. The van der Waals surface area contributed by atoms with E-state index in [0.29, 0.717) is 6.54 Å². The van der Waals surface area contributed by atoms with Gasteiger partial charge < -0.3 is 9.64 Å². The highest BCUT2D eigenvalue weighted by Crippen LogP contribution is 2.29. The van der Waals surface area contributed by atoms with Gasteiger partial charge in [-0.3, -0.25) is 0 Å². The molecule has 15 heavy (non-hydrogen) atoms. The summed E-state index contributed by atoms with van der Waals surface area (Å²) in [7, 11) is 1.68. The minimum Gasteiger partial charge on any atom is -0.497 e. The Labute approximate surface area is 89.9 Å². The van der Waals surface area contributed by atoms with Crippen LogP contribution in [0.2, 0.25) is 0 Å². The Hall–Kier alpha value is -1.69. The molecular weight excluding hydrogens is 188 g/mol. The van der Waals surface area contributed by atoms with Crippen molar-refractivity contribution in [3.05, 3.63) is 23.8 Å². The molecule has 0 saturated heterocycles. The normalized spacial score (nSPS) is 14.3. The average molecular weight is 202 g/mol. The Balaban J connectivity index is 2.33. The number of nitrogens with zero attached hydrogens (tertiary/aromatic N) is 2. The average Bonchev–Trinajstić information content (AvgIpc) is 2.29. The fourth-order valence-corrected chi connectivity index (χ4v) is 2.03. The van der Waals surface area contributed by atoms with Gasteiger partial charge in [-0.15, -0.1) is 0 Å². The van der Waals surface area contributed by atoms with Gasteiger partial charge in [-0.05, 0) is 36.6 Å². The number of benzene rings is 1. The molecule has 1 aromatic carbocycles. The molecule has 0 aromatic heterocycles. The molecule has 0 bridgehead atoms. The molecule has 78 valence electrons. The summed E-state index contributed by atoms with van der Waals surface area (Å²) >= 11 is 0. The summed E-state index contributed by atoms with van der Waals surface area (Å²) in [6.45, 7) is 1.45. The molecular formula is C12H14N2O. The van der Waals surface area contributed by atoms with Gasteiger partial charge in [0.15, 0.2) is 0 Å². The number of aryl methyl sites for hydroxylation is 1. The number of hydrogen-bond donors (Lipinski definition) is 0. The van der Waals surface area contributed by atoms with E-state index >= 15 is 0 Å². The van der Waals surface area contributed by atoms with Crippen molar-refractivity contribution in [1.82, 2.24) is 0 Å². The summed E-state index contributed by atoms with van der Waals surface area (Å²) in [5.74, 6) is 0.896. The number of methoxy groups -OCH3 is 1. The minimum absolute atomic E-state index is 0.472. The Morgan fingerprint density at radius 3 is 3.13 bits per heavy atom. The molecule has 3 heteroatoms. The van der Waals surface area contributed by atoms with Gasteiger partial charge in [-0.2, -0.15) is 5.26 Å². The van der Waals surface area contributed by atoms with Gasteiger partial charge in [0.1, 0.15) is 12.3 Å². The Morgan fingerprint density at radius 1 is 1.53 bits per heavy atom. The quantitative estimate of drug-likeness (QED) is 0.688. The lowest BCUT2D eigenvalue weighted by molar-refractivity contribution is 0.414. The largest absolute Gasteiger partial charge is 0.497 e. The maximum Gasteiger partial charge on any atom is 0.119 e. The van der Waals surface area contributed by atoms with Gasteiger partial charge in [0.25, 0.3) is 0 Å². The van der Waals surface area contributed by atoms with Crippen molar-refractivity contribution in [2.24, 2.45) is 0 Å². The van der Waals surface area contributed by atoms with Gasteiger partial charge in [0, 0.05) is 12.2 Å². The zero-order valence-corrected chi connectivity index (χ0v) is 8.86. The van der Waals surface area contributed by atoms with E-state index in [2.05, 4.69) is 17.0 Å². The number of fused-ring (bicyclic) bond motifs is 1. The van der Waals surface area contributed by atoms with Crippen LogP contribution in [0.1, 0.15) is 12.0 Å². The van der Waals surface area contributed by atoms with E-state index in [1.807, 2.05) is 12.1 Å². The predicted molar refractivity (Wildman–Crippen MR) is 59.1 cm³/mol. The Bertz CT molecular complexity index is 395. The third-order valence-corrected chi connectivity index (χ3v) is 2.76. The Morgan fingerprint density at radius 2 is 2.40 bits per heavy atom. The first kappa shape index (κ1) is 9.85. The summed E-state index contributed by atoms with van der Waals surface area (Å²) in [6.07, 6.45) is 2.19. The van der Waals surface area contributed by atoms with Gasteiger partial charge >= 0.3 is 0 Å². The van der Waals surface area contributed by atoms with E-state index in [9.17, 15) is 0 Å². The summed E-state index contributed by atoms with van der Waals surface area (Å²) in [5, 5.41) is 8.73. The molecule has 1 aromatic rings. The zero-order valence-electron chi connectivity index (χ0n) is 8.86. The van der Waals surface area contributed by atoms with Gasteiger partial charge in [-0.1, -0.05) is 0 Å². The van der Waals surface area contributed by atoms with Crippen LogP contribution in [0.4, 0.5) is 5.69 Å². The molecule has 1 heterocycles. The van der Waals surface area contributed by atoms with Crippen LogP contribution in [-0.4, -0.2) is 20.2 Å². The van der Waals surface area contributed by atoms with Crippen LogP contribution < -0.4 is 9.64 Å². The van der Waals surface area contributed by atoms with E-state index in [0.717, 1.165) is 25.1 Å². The van der Waals surface area contributed by atoms with Gasteiger partial charge in [0.05, 0.1) is 13.2 Å². The lowest BCUT2D eigenvalue weighted by Gasteiger charge is -2.29. The molecule has 0 spiro atoms. The smallest absolute Gasteiger partial charge is 0.119 e. The lowest BCUT2D eigenvalue weighted by atomic mass is 10.0. The molecule has 0 fully saturated rings. The van der Waals surface area contributed by atoms with Crippen molar-refractivity contribution >= 4 is 5.69 Å². The second kappa shape index (κ2) is 4.22. The maximum absolute atomic E-state index is 8.73. The Kier molecular flexibility index (Phi) is 2.77. The van der Waals surface area contributed by atoms with Crippen molar-refractivity contribution in [1.29, 1.82) is 5.26 Å². The lowest BCUT2D eigenvalue weighted by Crippen LogP contribution is -2.29. The molecule has 0 aliphatic carbocycles. The standard InChI is InChI=1S/C12H14N2O/c1-15-11-4-5-12-10(9-11)3-2-7-14(12)8-6-13/h4-5,9H,2-3,7-8H2,1H3. The van der Waals surface area contributed by atoms with Crippen LogP contribution in [0.3, 0.4) is 0 Å². The second-order valence-electron chi connectivity index (χ2n) is 3.68. The van der Waals surface area contributed by atoms with E-state index in [4.69, 9.17) is 10.00 Å². The summed E-state index contributed by atoms with van der Waals surface area (Å²) in [5.41, 5.74) is 2.47. The van der Waals surface area contributed by atoms with Crippen molar-refractivity contribution in [3.63, 3.8) is 0 Å². The number of nitriles is 1. The van der Waals surface area contributed by atoms with Crippen LogP contribution in [0.25, 0.3) is 0 Å². The summed E-state index contributed by atoms with van der Waals surface area (Å²) < 4.78 is 5.19. The number of anilines is 1. The van der Waals surface area contributed by atoms with Crippen molar-refractivity contribution in [2.45, 2.75) is 12.8 Å². The first-order valence-electron chi connectivity index (χ1n) is 5.14. The molecule has 2 rings (SSSR count). The number of rotatable bonds is 2. The van der Waals surface area contributed by atoms with Crippen LogP contribution in [-0.2, 0) is 6.42 Å². The van der Waals surface area contributed by atoms with Crippen LogP contribution in [0.15, 0.2) is 18.2 Å². The molecule has 3 nitrogen and oxygen atoms in total. The van der Waals surface area contributed by atoms with Crippen LogP contribution in [0.5, 0.6) is 5.75 Å². The van der Waals surface area contributed by atoms with E-state index in [1.165, 1.54) is 11.3 Å². The molecule has 0 N–H and O–H groups in total. The van der Waals surface area contributed by atoms with Gasteiger partial charge in [-0.25, -0.2) is 0 Å². The molecule has 1 aliphatic heterocycles. The molecule has 0 amide bonds. The first-order valence-corrected chi connectivity index (χ1v) is 5.14. The summed E-state index contributed by atoms with van der Waals surface area (Å²) in [6, 6.07) is 8.27. The monoisotopic (exact) mass is 202 g/mol. The minimum atomic E-state index is 0.472. The van der Waals surface area contributed by atoms with Crippen molar-refractivity contribution in [2.75, 3.05) is 25.1 Å². The molecule has 1 aliphatic rings. The van der Waals surface area contributed by atoms with Crippen molar-refractivity contribution in [3.8, 4) is 11.8 Å². The third-order valence-electron chi connectivity index (χ3n) is 2.76. The topological polar surface area (TPSA) is 36.3 Å². The highest BCUT2D eigenvalue weighted by Gasteiger charge is 2.16.